The van der Waals surface area contributed by atoms with Gasteiger partial charge >= 0.3 is 5.97 Å². The lowest BCUT2D eigenvalue weighted by Gasteiger charge is -2.40. The summed E-state index contributed by atoms with van der Waals surface area (Å²) in [5.41, 5.74) is 1.48. The summed E-state index contributed by atoms with van der Waals surface area (Å²) in [6.45, 7) is 3.20. The monoisotopic (exact) mass is 427 g/mol. The average molecular weight is 428 g/mol. The summed E-state index contributed by atoms with van der Waals surface area (Å²) in [5.74, 6) is 0.600. The third kappa shape index (κ3) is 4.17. The van der Waals surface area contributed by atoms with Gasteiger partial charge in [0.2, 0.25) is 0 Å². The molecule has 0 spiro atoms. The van der Waals surface area contributed by atoms with Crippen molar-refractivity contribution in [1.82, 2.24) is 4.90 Å². The second-order valence-electron chi connectivity index (χ2n) is 8.05. The molecule has 0 aromatic heterocycles. The van der Waals surface area contributed by atoms with Crippen LogP contribution in [0.3, 0.4) is 0 Å². The van der Waals surface area contributed by atoms with Gasteiger partial charge in [0.05, 0.1) is 12.0 Å². The van der Waals surface area contributed by atoms with Crippen LogP contribution in [0.5, 0.6) is 5.75 Å². The van der Waals surface area contributed by atoms with E-state index in [1.165, 1.54) is 0 Å². The maximum atomic E-state index is 13.0. The van der Waals surface area contributed by atoms with Crippen LogP contribution in [0.25, 0.3) is 0 Å². The molecule has 158 valence electrons. The van der Waals surface area contributed by atoms with Crippen LogP contribution in [0.15, 0.2) is 48.5 Å². The highest BCUT2D eigenvalue weighted by atomic mass is 35.5. The molecule has 0 radical (unpaired) electrons. The van der Waals surface area contributed by atoms with Gasteiger partial charge < -0.3 is 14.4 Å². The largest absolute Gasteiger partial charge is 0.480 e. The molecule has 2 aliphatic heterocycles. The molecule has 1 amide bonds. The van der Waals surface area contributed by atoms with E-state index in [0.717, 1.165) is 16.9 Å². The van der Waals surface area contributed by atoms with Crippen LogP contribution in [0, 0.1) is 5.41 Å². The van der Waals surface area contributed by atoms with Crippen molar-refractivity contribution in [3.05, 3.63) is 64.7 Å². The lowest BCUT2D eigenvalue weighted by molar-refractivity contribution is -0.161. The van der Waals surface area contributed by atoms with Gasteiger partial charge in [-0.3, -0.25) is 9.59 Å². The van der Waals surface area contributed by atoms with E-state index in [1.54, 1.807) is 0 Å². The van der Waals surface area contributed by atoms with Gasteiger partial charge in [0.1, 0.15) is 5.75 Å². The summed E-state index contributed by atoms with van der Waals surface area (Å²) in [4.78, 5) is 27.8. The van der Waals surface area contributed by atoms with E-state index in [1.807, 2.05) is 60.4 Å². The second-order valence-corrected chi connectivity index (χ2v) is 8.48. The number of hydrogen-bond acceptors (Lipinski definition) is 4. The van der Waals surface area contributed by atoms with Crippen molar-refractivity contribution in [2.45, 2.75) is 38.7 Å². The van der Waals surface area contributed by atoms with Crippen LogP contribution >= 0.6 is 11.6 Å². The quantitative estimate of drug-likeness (QED) is 0.675. The predicted molar refractivity (Wildman–Crippen MR) is 115 cm³/mol. The molecule has 30 heavy (non-hydrogen) atoms. The highest BCUT2D eigenvalue weighted by molar-refractivity contribution is 6.30. The van der Waals surface area contributed by atoms with Gasteiger partial charge in [-0.25, -0.2) is 0 Å². The number of rotatable bonds is 5. The first-order valence-electron chi connectivity index (χ1n) is 10.5. The summed E-state index contributed by atoms with van der Waals surface area (Å²) in [7, 11) is 0. The number of likely N-dealkylation sites (tertiary alicyclic amines) is 1. The second kappa shape index (κ2) is 8.68. The minimum atomic E-state index is -0.625. The molecule has 1 saturated heterocycles. The minimum absolute atomic E-state index is 0.00449. The Bertz CT molecular complexity index is 894. The number of fused-ring (bicyclic) bond motifs is 1. The molecular formula is C24H26ClNO4. The van der Waals surface area contributed by atoms with E-state index in [9.17, 15) is 9.59 Å². The van der Waals surface area contributed by atoms with Crippen molar-refractivity contribution >= 4 is 23.5 Å². The number of benzene rings is 2. The molecule has 6 heteroatoms. The number of carbonyl (C=O) groups excluding carboxylic acids is 2. The van der Waals surface area contributed by atoms with Crippen LogP contribution in [0.4, 0.5) is 0 Å². The zero-order chi connectivity index (χ0) is 21.1. The Morgan fingerprint density at radius 1 is 1.13 bits per heavy atom. The number of hydrogen-bond donors (Lipinski definition) is 0. The SMILES string of the molecule is CCOC(=O)C1(Cc2ccc(Cl)cc2)CCN(C(=O)[C@@H]2Cc3ccccc3O2)CC1. The first kappa shape index (κ1) is 20.7. The lowest BCUT2D eigenvalue weighted by atomic mass is 9.73. The maximum absolute atomic E-state index is 13.0. The lowest BCUT2D eigenvalue weighted by Crippen LogP contribution is -2.51. The third-order valence-electron chi connectivity index (χ3n) is 6.12. The molecule has 5 nitrogen and oxygen atoms in total. The highest BCUT2D eigenvalue weighted by Gasteiger charge is 2.45. The fraction of sp³-hybridized carbons (Fsp3) is 0.417. The van der Waals surface area contributed by atoms with Gasteiger partial charge in [-0.2, -0.15) is 0 Å². The van der Waals surface area contributed by atoms with Crippen LogP contribution in [0.1, 0.15) is 30.9 Å². The van der Waals surface area contributed by atoms with Gasteiger partial charge in [0, 0.05) is 24.5 Å². The summed E-state index contributed by atoms with van der Waals surface area (Å²) < 4.78 is 11.3. The van der Waals surface area contributed by atoms with Crippen molar-refractivity contribution in [2.75, 3.05) is 19.7 Å². The van der Waals surface area contributed by atoms with E-state index in [0.29, 0.717) is 50.4 Å². The third-order valence-corrected chi connectivity index (χ3v) is 6.37. The Balaban J connectivity index is 1.44. The van der Waals surface area contributed by atoms with Gasteiger partial charge in [-0.15, -0.1) is 0 Å². The minimum Gasteiger partial charge on any atom is -0.480 e. The Kier molecular flexibility index (Phi) is 6.00. The smallest absolute Gasteiger partial charge is 0.312 e. The predicted octanol–water partition coefficient (Wildman–Crippen LogP) is 4.06. The van der Waals surface area contributed by atoms with Gasteiger partial charge in [0.25, 0.3) is 5.91 Å². The highest BCUT2D eigenvalue weighted by Crippen LogP contribution is 2.38. The molecule has 0 aliphatic carbocycles. The van der Waals surface area contributed by atoms with Crippen molar-refractivity contribution in [3.8, 4) is 5.75 Å². The molecule has 1 fully saturated rings. The van der Waals surface area contributed by atoms with Gasteiger partial charge in [0.15, 0.2) is 6.10 Å². The Labute approximate surface area is 181 Å². The van der Waals surface area contributed by atoms with Crippen LogP contribution in [-0.4, -0.2) is 42.6 Å². The molecule has 4 rings (SSSR count). The molecule has 0 N–H and O–H groups in total. The Morgan fingerprint density at radius 2 is 1.83 bits per heavy atom. The number of ether oxygens (including phenoxy) is 2. The van der Waals surface area contributed by atoms with Crippen LogP contribution < -0.4 is 4.74 Å². The zero-order valence-corrected chi connectivity index (χ0v) is 17.9. The molecule has 2 aromatic carbocycles. The van der Waals surface area contributed by atoms with Crippen molar-refractivity contribution in [2.24, 2.45) is 5.41 Å². The van der Waals surface area contributed by atoms with E-state index in [2.05, 4.69) is 0 Å². The summed E-state index contributed by atoms with van der Waals surface area (Å²) in [6.07, 6.45) is 1.84. The number of esters is 1. The van der Waals surface area contributed by atoms with Crippen molar-refractivity contribution in [1.29, 1.82) is 0 Å². The molecule has 1 atom stereocenters. The molecule has 0 saturated carbocycles. The van der Waals surface area contributed by atoms with Crippen LogP contribution in [-0.2, 0) is 27.2 Å². The molecule has 0 unspecified atom stereocenters. The van der Waals surface area contributed by atoms with Crippen molar-refractivity contribution < 1.29 is 19.1 Å². The first-order chi connectivity index (χ1) is 14.5. The van der Waals surface area contributed by atoms with Gasteiger partial charge in [-0.05, 0) is 55.5 Å². The summed E-state index contributed by atoms with van der Waals surface area (Å²) >= 11 is 6.00. The van der Waals surface area contributed by atoms with E-state index < -0.39 is 11.5 Å². The number of amides is 1. The molecule has 2 aliphatic rings. The summed E-state index contributed by atoms with van der Waals surface area (Å²) in [6, 6.07) is 15.3. The Morgan fingerprint density at radius 3 is 2.50 bits per heavy atom. The molecule has 0 bridgehead atoms. The number of para-hydroxylation sites is 1. The first-order valence-corrected chi connectivity index (χ1v) is 10.8. The number of nitrogens with zero attached hydrogens (tertiary/aromatic N) is 1. The van der Waals surface area contributed by atoms with Crippen LogP contribution in [0.2, 0.25) is 5.02 Å². The molecular weight excluding hydrogens is 402 g/mol. The number of carbonyl (C=O) groups is 2. The maximum Gasteiger partial charge on any atom is 0.312 e. The Hall–Kier alpha value is -2.53. The topological polar surface area (TPSA) is 55.8 Å². The zero-order valence-electron chi connectivity index (χ0n) is 17.1. The van der Waals surface area contributed by atoms with Crippen molar-refractivity contribution in [3.63, 3.8) is 0 Å². The van der Waals surface area contributed by atoms with E-state index in [4.69, 9.17) is 21.1 Å². The number of piperidine rings is 1. The fourth-order valence-corrected chi connectivity index (χ4v) is 4.53. The van der Waals surface area contributed by atoms with E-state index in [-0.39, 0.29) is 11.9 Å². The molecule has 2 aromatic rings. The number of halogens is 1. The normalized spacial score (nSPS) is 19.7. The fourth-order valence-electron chi connectivity index (χ4n) is 4.41. The summed E-state index contributed by atoms with van der Waals surface area (Å²) in [5, 5.41) is 0.668. The standard InChI is InChI=1S/C24H26ClNO4/c1-2-29-23(28)24(16-17-7-9-19(25)10-8-17)11-13-26(14-12-24)22(27)21-15-18-5-3-4-6-20(18)30-21/h3-10,21H,2,11-16H2,1H3/t21-/m0/s1. The van der Waals surface area contributed by atoms with Gasteiger partial charge in [-0.1, -0.05) is 41.9 Å². The molecule has 2 heterocycles. The van der Waals surface area contributed by atoms with E-state index >= 15 is 0 Å². The average Bonchev–Trinajstić information content (AvgIpc) is 3.20.